The van der Waals surface area contributed by atoms with Crippen LogP contribution in [-0.4, -0.2) is 16.4 Å². The number of para-hydroxylation sites is 1. The van der Waals surface area contributed by atoms with Crippen molar-refractivity contribution >= 4 is 28.9 Å². The Hall–Kier alpha value is -2.21. The lowest BCUT2D eigenvalue weighted by molar-refractivity contribution is -0.134. The van der Waals surface area contributed by atoms with Gasteiger partial charge in [0, 0.05) is 12.8 Å². The molecule has 0 unspecified atom stereocenters. The Kier molecular flexibility index (Phi) is 5.50. The van der Waals surface area contributed by atoms with Gasteiger partial charge in [0.2, 0.25) is 11.8 Å². The molecule has 1 heterocycles. The van der Waals surface area contributed by atoms with Crippen LogP contribution in [0.25, 0.3) is 0 Å². The zero-order chi connectivity index (χ0) is 17.0. The molecule has 1 aromatic heterocycles. The largest absolute Gasteiger partial charge is 0.408 e. The van der Waals surface area contributed by atoms with Crippen molar-refractivity contribution in [2.24, 2.45) is 4.99 Å². The molecule has 2 rings (SSSR count). The normalized spacial score (nSPS) is 11.6. The minimum absolute atomic E-state index is 0.152. The van der Waals surface area contributed by atoms with Crippen LogP contribution in [0.4, 0.5) is 5.69 Å². The fourth-order valence-electron chi connectivity index (χ4n) is 2.01. The molecule has 122 valence electrons. The number of carbonyl (C=O) groups excluding carboxylic acids is 2. The smallest absolute Gasteiger partial charge is 0.312 e. The second kappa shape index (κ2) is 7.37. The molecule has 6 heteroatoms. The Bertz CT molecular complexity index is 802. The number of carbonyl (C=O) groups is 2. The molecule has 0 saturated heterocycles. The molecule has 0 N–H and O–H groups in total. The van der Waals surface area contributed by atoms with Crippen LogP contribution in [-0.2, 0) is 4.79 Å². The van der Waals surface area contributed by atoms with Gasteiger partial charge in [-0.1, -0.05) is 43.4 Å². The van der Waals surface area contributed by atoms with Gasteiger partial charge in [-0.25, -0.2) is 9.56 Å². The molecule has 0 spiro atoms. The van der Waals surface area contributed by atoms with Crippen LogP contribution in [0.15, 0.2) is 29.3 Å². The van der Waals surface area contributed by atoms with Gasteiger partial charge in [0.25, 0.3) is 0 Å². The lowest BCUT2D eigenvalue weighted by Crippen LogP contribution is -2.24. The fraction of sp³-hybridized carbons (Fsp3) is 0.353. The first-order valence-corrected chi connectivity index (χ1v) is 8.36. The predicted molar refractivity (Wildman–Crippen MR) is 90.3 cm³/mol. The zero-order valence-corrected chi connectivity index (χ0v) is 14.6. The average molecular weight is 332 g/mol. The second-order valence-electron chi connectivity index (χ2n) is 5.05. The van der Waals surface area contributed by atoms with Gasteiger partial charge in [0.15, 0.2) is 4.80 Å². The van der Waals surface area contributed by atoms with Crippen molar-refractivity contribution in [3.8, 4) is 5.88 Å². The number of rotatable bonds is 4. The number of hydrogen-bond donors (Lipinski definition) is 0. The number of ether oxygens (including phenoxy) is 1. The highest BCUT2D eigenvalue weighted by Crippen LogP contribution is 2.23. The SMILES string of the molecule is CCC(=O)Oc1c(C)sc(=Nc2ccccc2C)n1C(=O)CC. The van der Waals surface area contributed by atoms with Crippen molar-refractivity contribution in [3.63, 3.8) is 0 Å². The Morgan fingerprint density at radius 1 is 1.17 bits per heavy atom. The summed E-state index contributed by atoms with van der Waals surface area (Å²) in [6.07, 6.45) is 0.549. The number of aromatic nitrogens is 1. The molecule has 0 aliphatic rings. The van der Waals surface area contributed by atoms with Crippen molar-refractivity contribution in [2.75, 3.05) is 0 Å². The van der Waals surface area contributed by atoms with Crippen molar-refractivity contribution in [3.05, 3.63) is 39.5 Å². The molecular formula is C17H20N2O3S. The maximum Gasteiger partial charge on any atom is 0.312 e. The molecule has 2 aromatic rings. The van der Waals surface area contributed by atoms with Gasteiger partial charge in [0.1, 0.15) is 0 Å². The van der Waals surface area contributed by atoms with Crippen LogP contribution < -0.4 is 9.54 Å². The highest BCUT2D eigenvalue weighted by atomic mass is 32.1. The van der Waals surface area contributed by atoms with Crippen LogP contribution in [0.2, 0.25) is 0 Å². The third-order valence-electron chi connectivity index (χ3n) is 3.32. The number of benzene rings is 1. The molecule has 1 aromatic carbocycles. The number of hydrogen-bond acceptors (Lipinski definition) is 5. The Morgan fingerprint density at radius 3 is 2.48 bits per heavy atom. The molecule has 0 fully saturated rings. The van der Waals surface area contributed by atoms with Gasteiger partial charge in [-0.3, -0.25) is 9.59 Å². The van der Waals surface area contributed by atoms with Crippen molar-refractivity contribution in [1.82, 2.24) is 4.57 Å². The summed E-state index contributed by atoms with van der Waals surface area (Å²) in [5, 5.41) is 0. The van der Waals surface area contributed by atoms with E-state index in [1.165, 1.54) is 15.9 Å². The summed E-state index contributed by atoms with van der Waals surface area (Å²) in [4.78, 5) is 29.8. The quantitative estimate of drug-likeness (QED) is 0.801. The molecule has 23 heavy (non-hydrogen) atoms. The van der Waals surface area contributed by atoms with Crippen molar-refractivity contribution < 1.29 is 14.3 Å². The molecule has 0 aliphatic carbocycles. The minimum atomic E-state index is -0.369. The summed E-state index contributed by atoms with van der Waals surface area (Å²) in [5.41, 5.74) is 1.81. The molecule has 0 saturated carbocycles. The maximum absolute atomic E-state index is 12.3. The van der Waals surface area contributed by atoms with Crippen LogP contribution in [0, 0.1) is 13.8 Å². The first kappa shape index (κ1) is 17.1. The van der Waals surface area contributed by atoms with Gasteiger partial charge in [-0.15, -0.1) is 0 Å². The van der Waals surface area contributed by atoms with E-state index in [9.17, 15) is 9.59 Å². The van der Waals surface area contributed by atoms with E-state index in [0.29, 0.717) is 11.2 Å². The molecule has 0 atom stereocenters. The fourth-order valence-corrected chi connectivity index (χ4v) is 2.92. The summed E-state index contributed by atoms with van der Waals surface area (Å²) in [6.45, 7) is 7.27. The molecule has 0 bridgehead atoms. The van der Waals surface area contributed by atoms with E-state index in [1.54, 1.807) is 13.8 Å². The van der Waals surface area contributed by atoms with Gasteiger partial charge < -0.3 is 4.74 Å². The highest BCUT2D eigenvalue weighted by molar-refractivity contribution is 7.09. The monoisotopic (exact) mass is 332 g/mol. The third kappa shape index (κ3) is 3.76. The van der Waals surface area contributed by atoms with E-state index in [2.05, 4.69) is 4.99 Å². The van der Waals surface area contributed by atoms with Gasteiger partial charge >= 0.3 is 5.97 Å². The van der Waals surface area contributed by atoms with Crippen molar-refractivity contribution in [2.45, 2.75) is 40.5 Å². The molecular weight excluding hydrogens is 312 g/mol. The number of nitrogens with zero attached hydrogens (tertiary/aromatic N) is 2. The second-order valence-corrected chi connectivity index (χ2v) is 6.24. The van der Waals surface area contributed by atoms with Crippen LogP contribution in [0.5, 0.6) is 5.88 Å². The lowest BCUT2D eigenvalue weighted by Gasteiger charge is -2.07. The molecule has 5 nitrogen and oxygen atoms in total. The van der Waals surface area contributed by atoms with E-state index in [4.69, 9.17) is 4.74 Å². The first-order chi connectivity index (χ1) is 11.0. The predicted octanol–water partition coefficient (Wildman–Crippen LogP) is 3.76. The Balaban J connectivity index is 2.65. The Morgan fingerprint density at radius 2 is 1.87 bits per heavy atom. The van der Waals surface area contributed by atoms with Crippen LogP contribution in [0.3, 0.4) is 0 Å². The molecule has 0 aliphatic heterocycles. The van der Waals surface area contributed by atoms with E-state index < -0.39 is 0 Å². The number of esters is 1. The average Bonchev–Trinajstić information content (AvgIpc) is 2.84. The van der Waals surface area contributed by atoms with E-state index in [-0.39, 0.29) is 24.2 Å². The number of aryl methyl sites for hydroxylation is 2. The lowest BCUT2D eigenvalue weighted by atomic mass is 10.2. The van der Waals surface area contributed by atoms with Crippen LogP contribution >= 0.6 is 11.3 Å². The van der Waals surface area contributed by atoms with E-state index in [1.807, 2.05) is 38.1 Å². The number of thiazole rings is 1. The third-order valence-corrected chi connectivity index (χ3v) is 4.26. The highest BCUT2D eigenvalue weighted by Gasteiger charge is 2.19. The van der Waals surface area contributed by atoms with Gasteiger partial charge in [0.05, 0.1) is 10.6 Å². The van der Waals surface area contributed by atoms with Crippen LogP contribution in [0.1, 0.15) is 41.9 Å². The van der Waals surface area contributed by atoms with E-state index in [0.717, 1.165) is 16.1 Å². The van der Waals surface area contributed by atoms with Gasteiger partial charge in [-0.05, 0) is 25.5 Å². The van der Waals surface area contributed by atoms with Crippen molar-refractivity contribution in [1.29, 1.82) is 0 Å². The summed E-state index contributed by atoms with van der Waals surface area (Å²) < 4.78 is 6.75. The minimum Gasteiger partial charge on any atom is -0.408 e. The maximum atomic E-state index is 12.3. The topological polar surface area (TPSA) is 60.7 Å². The van der Waals surface area contributed by atoms with Gasteiger partial charge in [-0.2, -0.15) is 0 Å². The summed E-state index contributed by atoms with van der Waals surface area (Å²) in [5.74, 6) is -0.243. The molecule has 0 amide bonds. The Labute approximate surface area is 139 Å². The standard InChI is InChI=1S/C17H20N2O3S/c1-5-14(20)19-16(22-15(21)6-2)12(4)23-17(19)18-13-10-8-7-9-11(13)3/h7-10H,5-6H2,1-4H3. The summed E-state index contributed by atoms with van der Waals surface area (Å²) in [7, 11) is 0. The summed E-state index contributed by atoms with van der Waals surface area (Å²) >= 11 is 1.34. The zero-order valence-electron chi connectivity index (χ0n) is 13.8. The summed E-state index contributed by atoms with van der Waals surface area (Å²) in [6, 6.07) is 7.69. The van der Waals surface area contributed by atoms with E-state index >= 15 is 0 Å². The molecule has 0 radical (unpaired) electrons. The first-order valence-electron chi connectivity index (χ1n) is 7.54.